The van der Waals surface area contributed by atoms with Gasteiger partial charge in [-0.2, -0.15) is 0 Å². The quantitative estimate of drug-likeness (QED) is 0.516. The zero-order chi connectivity index (χ0) is 16.5. The highest BCUT2D eigenvalue weighted by Gasteiger charge is 2.25. The van der Waals surface area contributed by atoms with E-state index in [1.165, 1.54) is 35.2 Å². The van der Waals surface area contributed by atoms with Crippen molar-refractivity contribution in [2.45, 2.75) is 15.5 Å². The molecular weight excluding hydrogens is 350 g/mol. The van der Waals surface area contributed by atoms with Crippen molar-refractivity contribution in [1.29, 1.82) is 0 Å². The molecule has 0 amide bonds. The number of thiazole rings is 1. The summed E-state index contributed by atoms with van der Waals surface area (Å²) < 4.78 is 11.9. The SMILES string of the molecule is O=[N+]([O-])c1ccc(Sc2nc3cccnc3s2)c(C2OCCO2)c1. The maximum absolute atomic E-state index is 11.1. The van der Waals surface area contributed by atoms with Crippen LogP contribution < -0.4 is 0 Å². The molecule has 0 bridgehead atoms. The summed E-state index contributed by atoms with van der Waals surface area (Å²) >= 11 is 2.91. The Morgan fingerprint density at radius 2 is 2.12 bits per heavy atom. The summed E-state index contributed by atoms with van der Waals surface area (Å²) in [6.45, 7) is 0.949. The summed E-state index contributed by atoms with van der Waals surface area (Å²) in [7, 11) is 0. The van der Waals surface area contributed by atoms with E-state index in [0.29, 0.717) is 18.8 Å². The Balaban J connectivity index is 1.71. The average Bonchev–Trinajstić information content (AvgIpc) is 3.24. The Labute approximate surface area is 144 Å². The van der Waals surface area contributed by atoms with Crippen molar-refractivity contribution in [2.24, 2.45) is 0 Å². The van der Waals surface area contributed by atoms with Gasteiger partial charge in [-0.05, 0) is 18.2 Å². The molecule has 1 aliphatic heterocycles. The van der Waals surface area contributed by atoms with E-state index in [0.717, 1.165) is 19.6 Å². The molecule has 0 radical (unpaired) electrons. The van der Waals surface area contributed by atoms with E-state index in [1.54, 1.807) is 12.3 Å². The van der Waals surface area contributed by atoms with Crippen molar-refractivity contribution in [3.8, 4) is 0 Å². The van der Waals surface area contributed by atoms with Gasteiger partial charge in [0.15, 0.2) is 10.6 Å². The third-order valence-electron chi connectivity index (χ3n) is 3.42. The Morgan fingerprint density at radius 3 is 2.88 bits per heavy atom. The van der Waals surface area contributed by atoms with Crippen molar-refractivity contribution < 1.29 is 14.4 Å². The largest absolute Gasteiger partial charge is 0.346 e. The highest BCUT2D eigenvalue weighted by molar-refractivity contribution is 8.01. The molecule has 0 aliphatic carbocycles. The molecule has 2 aromatic heterocycles. The van der Waals surface area contributed by atoms with E-state index in [-0.39, 0.29) is 5.69 Å². The van der Waals surface area contributed by atoms with E-state index in [2.05, 4.69) is 9.97 Å². The van der Waals surface area contributed by atoms with Gasteiger partial charge in [-0.3, -0.25) is 10.1 Å². The maximum atomic E-state index is 11.1. The second-order valence-corrected chi connectivity index (χ2v) is 7.23. The minimum Gasteiger partial charge on any atom is -0.346 e. The number of hydrogen-bond donors (Lipinski definition) is 0. The van der Waals surface area contributed by atoms with Crippen LogP contribution in [-0.2, 0) is 9.47 Å². The Kier molecular flexibility index (Phi) is 4.15. The van der Waals surface area contributed by atoms with Crippen molar-refractivity contribution in [1.82, 2.24) is 9.97 Å². The molecule has 1 aromatic carbocycles. The first kappa shape index (κ1) is 15.5. The highest BCUT2D eigenvalue weighted by Crippen LogP contribution is 2.40. The van der Waals surface area contributed by atoms with Gasteiger partial charge in [0.2, 0.25) is 0 Å². The number of nitro groups is 1. The van der Waals surface area contributed by atoms with Gasteiger partial charge in [0, 0.05) is 28.8 Å². The van der Waals surface area contributed by atoms with Crippen LogP contribution >= 0.6 is 23.1 Å². The lowest BCUT2D eigenvalue weighted by Crippen LogP contribution is -2.01. The van der Waals surface area contributed by atoms with Gasteiger partial charge in [0.1, 0.15) is 10.3 Å². The molecule has 1 saturated heterocycles. The molecule has 1 aliphatic rings. The summed E-state index contributed by atoms with van der Waals surface area (Å²) in [4.78, 5) is 21.1. The zero-order valence-electron chi connectivity index (χ0n) is 12.2. The summed E-state index contributed by atoms with van der Waals surface area (Å²) in [5, 5.41) is 11.1. The predicted molar refractivity (Wildman–Crippen MR) is 89.3 cm³/mol. The Bertz CT molecular complexity index is 876. The molecule has 122 valence electrons. The van der Waals surface area contributed by atoms with E-state index in [4.69, 9.17) is 9.47 Å². The molecular formula is C15H11N3O4S2. The van der Waals surface area contributed by atoms with Crippen molar-refractivity contribution in [3.63, 3.8) is 0 Å². The smallest absolute Gasteiger partial charge is 0.269 e. The normalized spacial score (nSPS) is 15.2. The number of non-ortho nitro benzene ring substituents is 1. The lowest BCUT2D eigenvalue weighted by Gasteiger charge is -2.13. The van der Waals surface area contributed by atoms with Crippen LogP contribution in [0.2, 0.25) is 0 Å². The molecule has 3 aromatic rings. The van der Waals surface area contributed by atoms with Crippen LogP contribution in [0.3, 0.4) is 0 Å². The van der Waals surface area contributed by atoms with Gasteiger partial charge >= 0.3 is 0 Å². The van der Waals surface area contributed by atoms with Crippen LogP contribution in [0.5, 0.6) is 0 Å². The second kappa shape index (κ2) is 6.44. The first-order valence-electron chi connectivity index (χ1n) is 7.12. The van der Waals surface area contributed by atoms with Crippen molar-refractivity contribution in [3.05, 3.63) is 52.2 Å². The fraction of sp³-hybridized carbons (Fsp3) is 0.200. The van der Waals surface area contributed by atoms with Gasteiger partial charge in [-0.1, -0.05) is 23.1 Å². The first-order chi connectivity index (χ1) is 11.7. The molecule has 0 N–H and O–H groups in total. The van der Waals surface area contributed by atoms with Crippen LogP contribution in [0, 0.1) is 10.1 Å². The fourth-order valence-corrected chi connectivity index (χ4v) is 4.41. The van der Waals surface area contributed by atoms with Gasteiger partial charge in [-0.15, -0.1) is 0 Å². The zero-order valence-corrected chi connectivity index (χ0v) is 13.9. The number of hydrogen-bond acceptors (Lipinski definition) is 8. The van der Waals surface area contributed by atoms with E-state index < -0.39 is 11.2 Å². The monoisotopic (exact) mass is 361 g/mol. The minimum atomic E-state index is -0.583. The van der Waals surface area contributed by atoms with E-state index in [9.17, 15) is 10.1 Å². The van der Waals surface area contributed by atoms with Gasteiger partial charge in [0.25, 0.3) is 5.69 Å². The maximum Gasteiger partial charge on any atom is 0.269 e. The third kappa shape index (κ3) is 2.98. The average molecular weight is 361 g/mol. The molecule has 24 heavy (non-hydrogen) atoms. The lowest BCUT2D eigenvalue weighted by molar-refractivity contribution is -0.385. The topological polar surface area (TPSA) is 87.4 Å². The third-order valence-corrected chi connectivity index (χ3v) is 5.56. The number of ether oxygens (including phenoxy) is 2. The first-order valence-corrected chi connectivity index (χ1v) is 8.75. The number of fused-ring (bicyclic) bond motifs is 1. The number of nitro benzene ring substituents is 1. The van der Waals surface area contributed by atoms with Gasteiger partial charge in [-0.25, -0.2) is 9.97 Å². The highest BCUT2D eigenvalue weighted by atomic mass is 32.2. The van der Waals surface area contributed by atoms with Gasteiger partial charge < -0.3 is 9.47 Å². The lowest BCUT2D eigenvalue weighted by atomic mass is 10.2. The summed E-state index contributed by atoms with van der Waals surface area (Å²) in [5.41, 5.74) is 1.50. The number of benzene rings is 1. The number of rotatable bonds is 4. The Hall–Kier alpha value is -2.07. The second-order valence-electron chi connectivity index (χ2n) is 4.96. The summed E-state index contributed by atoms with van der Waals surface area (Å²) in [6, 6.07) is 8.44. The number of pyridine rings is 1. The summed E-state index contributed by atoms with van der Waals surface area (Å²) in [5.74, 6) is 0. The molecule has 0 atom stereocenters. The van der Waals surface area contributed by atoms with Crippen LogP contribution in [0.15, 0.2) is 45.8 Å². The molecule has 4 rings (SSSR count). The van der Waals surface area contributed by atoms with Crippen molar-refractivity contribution in [2.75, 3.05) is 13.2 Å². The fourth-order valence-electron chi connectivity index (χ4n) is 2.35. The number of aromatic nitrogens is 2. The van der Waals surface area contributed by atoms with Crippen LogP contribution in [0.4, 0.5) is 5.69 Å². The molecule has 1 fully saturated rings. The molecule has 7 nitrogen and oxygen atoms in total. The molecule has 0 saturated carbocycles. The standard InChI is InChI=1S/C15H11N3O4S2/c19-18(20)9-3-4-12(10(8-9)14-21-6-7-22-14)23-15-17-11-2-1-5-16-13(11)24-15/h1-5,8,14H,6-7H2. The molecule has 0 unspecified atom stereocenters. The van der Waals surface area contributed by atoms with Crippen LogP contribution in [0.1, 0.15) is 11.9 Å². The van der Waals surface area contributed by atoms with Crippen molar-refractivity contribution >= 4 is 39.1 Å². The minimum absolute atomic E-state index is 0.0133. The van der Waals surface area contributed by atoms with Crippen LogP contribution in [-0.4, -0.2) is 28.1 Å². The van der Waals surface area contributed by atoms with Gasteiger partial charge in [0.05, 0.1) is 18.1 Å². The Morgan fingerprint density at radius 1 is 1.29 bits per heavy atom. The van der Waals surface area contributed by atoms with Crippen LogP contribution in [0.25, 0.3) is 10.3 Å². The molecule has 3 heterocycles. The molecule has 0 spiro atoms. The van der Waals surface area contributed by atoms with E-state index in [1.807, 2.05) is 12.1 Å². The summed E-state index contributed by atoms with van der Waals surface area (Å²) in [6.07, 6.45) is 1.15. The van der Waals surface area contributed by atoms with E-state index >= 15 is 0 Å². The predicted octanol–water partition coefficient (Wildman–Crippen LogP) is 3.80. The number of nitrogens with zero attached hydrogens (tertiary/aromatic N) is 3. The molecule has 9 heteroatoms.